The van der Waals surface area contributed by atoms with Crippen LogP contribution < -0.4 is 15.8 Å². The minimum Gasteiger partial charge on any atom is -0.454 e. The molecule has 4 N–H and O–H groups in total. The second-order valence-corrected chi connectivity index (χ2v) is 4.68. The van der Waals surface area contributed by atoms with E-state index in [4.69, 9.17) is 10.5 Å². The number of hydrogen-bond donors (Lipinski definition) is 3. The molecule has 0 saturated heterocycles. The van der Waals surface area contributed by atoms with E-state index in [0.717, 1.165) is 17.7 Å². The van der Waals surface area contributed by atoms with Crippen LogP contribution in [0.15, 0.2) is 42.5 Å². The zero-order chi connectivity index (χ0) is 16.2. The molecule has 0 aliphatic carbocycles. The molecule has 0 aliphatic rings. The lowest BCUT2D eigenvalue weighted by molar-refractivity contribution is 0.434. The topological polar surface area (TPSA) is 88.8 Å². The third kappa shape index (κ3) is 3.54. The molecule has 0 amide bonds. The van der Waals surface area contributed by atoms with Crippen molar-refractivity contribution in [3.8, 4) is 11.5 Å². The van der Waals surface area contributed by atoms with E-state index in [1.54, 1.807) is 18.2 Å². The summed E-state index contributed by atoms with van der Waals surface area (Å²) in [6.45, 7) is 0.344. The van der Waals surface area contributed by atoms with Crippen molar-refractivity contribution < 1.29 is 13.5 Å². The fraction of sp³-hybridized carbons (Fsp3) is 0.0667. The minimum atomic E-state index is -0.769. The third-order valence-electron chi connectivity index (χ3n) is 3.03. The van der Waals surface area contributed by atoms with Crippen molar-refractivity contribution in [3.05, 3.63) is 59.7 Å². The lowest BCUT2D eigenvalue weighted by Gasteiger charge is -2.12. The van der Waals surface area contributed by atoms with E-state index in [1.165, 1.54) is 6.07 Å². The van der Waals surface area contributed by atoms with Gasteiger partial charge in [-0.15, -0.1) is 5.10 Å². The van der Waals surface area contributed by atoms with Gasteiger partial charge >= 0.3 is 0 Å². The van der Waals surface area contributed by atoms with Crippen LogP contribution in [0, 0.1) is 11.6 Å². The number of nitrogens with zero attached hydrogens (tertiary/aromatic N) is 2. The first-order valence-electron chi connectivity index (χ1n) is 6.74. The van der Waals surface area contributed by atoms with Crippen LogP contribution in [0.1, 0.15) is 5.56 Å². The summed E-state index contributed by atoms with van der Waals surface area (Å²) in [5, 5.41) is 9.33. The van der Waals surface area contributed by atoms with Crippen LogP contribution in [0.3, 0.4) is 0 Å². The Hall–Kier alpha value is -3.16. The summed E-state index contributed by atoms with van der Waals surface area (Å²) >= 11 is 0. The largest absolute Gasteiger partial charge is 0.454 e. The van der Waals surface area contributed by atoms with Crippen molar-refractivity contribution in [1.29, 1.82) is 0 Å². The first-order chi connectivity index (χ1) is 11.1. The van der Waals surface area contributed by atoms with Crippen LogP contribution in [0.2, 0.25) is 0 Å². The van der Waals surface area contributed by atoms with Crippen molar-refractivity contribution in [2.75, 3.05) is 11.1 Å². The number of aromatic nitrogens is 3. The van der Waals surface area contributed by atoms with Gasteiger partial charge in [-0.05, 0) is 18.2 Å². The molecular weight excluding hydrogens is 304 g/mol. The Morgan fingerprint density at radius 1 is 1.13 bits per heavy atom. The monoisotopic (exact) mass is 317 g/mol. The van der Waals surface area contributed by atoms with E-state index < -0.39 is 11.6 Å². The molecule has 0 unspecified atom stereocenters. The molecular formula is C15H13F2N5O. The summed E-state index contributed by atoms with van der Waals surface area (Å²) in [5.41, 5.74) is 6.19. The van der Waals surface area contributed by atoms with Gasteiger partial charge in [-0.25, -0.2) is 13.9 Å². The number of H-pyrrole nitrogens is 1. The van der Waals surface area contributed by atoms with Gasteiger partial charge in [0.2, 0.25) is 11.9 Å². The summed E-state index contributed by atoms with van der Waals surface area (Å²) in [4.78, 5) is 3.92. The van der Waals surface area contributed by atoms with Crippen LogP contribution in [0.4, 0.5) is 20.7 Å². The Balaban J connectivity index is 1.77. The van der Waals surface area contributed by atoms with Crippen LogP contribution in [0.5, 0.6) is 11.5 Å². The number of benzene rings is 2. The molecule has 1 heterocycles. The number of rotatable bonds is 5. The van der Waals surface area contributed by atoms with E-state index in [9.17, 15) is 8.78 Å². The average Bonchev–Trinajstić information content (AvgIpc) is 2.95. The Morgan fingerprint density at radius 2 is 1.96 bits per heavy atom. The minimum absolute atomic E-state index is 0.0546. The first kappa shape index (κ1) is 14.8. The van der Waals surface area contributed by atoms with Crippen molar-refractivity contribution in [3.63, 3.8) is 0 Å². The molecule has 0 radical (unpaired) electrons. The molecule has 0 aliphatic heterocycles. The zero-order valence-electron chi connectivity index (χ0n) is 11.9. The maximum atomic E-state index is 13.7. The van der Waals surface area contributed by atoms with E-state index >= 15 is 0 Å². The van der Waals surface area contributed by atoms with Crippen molar-refractivity contribution in [1.82, 2.24) is 15.2 Å². The van der Waals surface area contributed by atoms with Gasteiger partial charge in [-0.3, -0.25) is 0 Å². The summed E-state index contributed by atoms with van der Waals surface area (Å²) < 4.78 is 32.2. The quantitative estimate of drug-likeness (QED) is 0.673. The van der Waals surface area contributed by atoms with E-state index in [0.29, 0.717) is 18.2 Å². The smallest absolute Gasteiger partial charge is 0.243 e. The van der Waals surface area contributed by atoms with Crippen molar-refractivity contribution >= 4 is 11.9 Å². The van der Waals surface area contributed by atoms with E-state index in [-0.39, 0.29) is 11.7 Å². The molecule has 2 aromatic carbocycles. The number of para-hydroxylation sites is 1. The highest BCUT2D eigenvalue weighted by atomic mass is 19.1. The fourth-order valence-electron chi connectivity index (χ4n) is 1.95. The number of halogens is 2. The zero-order valence-corrected chi connectivity index (χ0v) is 11.9. The summed E-state index contributed by atoms with van der Waals surface area (Å²) in [6, 6.07) is 10.2. The van der Waals surface area contributed by atoms with Gasteiger partial charge in [0.1, 0.15) is 11.6 Å². The molecule has 23 heavy (non-hydrogen) atoms. The highest BCUT2D eigenvalue weighted by Gasteiger charge is 2.10. The highest BCUT2D eigenvalue weighted by Crippen LogP contribution is 2.28. The van der Waals surface area contributed by atoms with Gasteiger partial charge in [0, 0.05) is 18.2 Å². The average molecular weight is 317 g/mol. The lowest BCUT2D eigenvalue weighted by Crippen LogP contribution is -2.03. The molecule has 0 bridgehead atoms. The molecule has 3 aromatic rings. The molecule has 0 atom stereocenters. The van der Waals surface area contributed by atoms with Gasteiger partial charge in [0.25, 0.3) is 0 Å². The molecule has 0 saturated carbocycles. The second-order valence-electron chi connectivity index (χ2n) is 4.68. The van der Waals surface area contributed by atoms with Gasteiger partial charge in [0.05, 0.1) is 0 Å². The highest BCUT2D eigenvalue weighted by molar-refractivity contribution is 5.41. The van der Waals surface area contributed by atoms with Crippen molar-refractivity contribution in [2.45, 2.75) is 6.54 Å². The number of aromatic amines is 1. The number of anilines is 2. The predicted molar refractivity (Wildman–Crippen MR) is 81.0 cm³/mol. The predicted octanol–water partition coefficient (Wildman–Crippen LogP) is 3.07. The molecule has 6 nitrogen and oxygen atoms in total. The lowest BCUT2D eigenvalue weighted by atomic mass is 10.2. The standard InChI is InChI=1S/C15H13F2N5O/c16-10-5-6-13(11(17)7-10)23-12-4-2-1-3-9(12)8-19-15-20-14(18)21-22-15/h1-7H,8H2,(H4,18,19,20,21,22). The van der Waals surface area contributed by atoms with Gasteiger partial charge in [0.15, 0.2) is 11.6 Å². The Kier molecular flexibility index (Phi) is 4.05. The third-order valence-corrected chi connectivity index (χ3v) is 3.03. The van der Waals surface area contributed by atoms with Gasteiger partial charge in [-0.1, -0.05) is 18.2 Å². The summed E-state index contributed by atoms with van der Waals surface area (Å²) in [6.07, 6.45) is 0. The fourth-order valence-corrected chi connectivity index (χ4v) is 1.95. The SMILES string of the molecule is Nc1nc(NCc2ccccc2Oc2ccc(F)cc2F)n[nH]1. The maximum absolute atomic E-state index is 13.7. The van der Waals surface area contributed by atoms with Gasteiger partial charge in [-0.2, -0.15) is 4.98 Å². The number of nitrogens with two attached hydrogens (primary N) is 1. The van der Waals surface area contributed by atoms with Gasteiger partial charge < -0.3 is 15.8 Å². The molecule has 1 aromatic heterocycles. The Bertz CT molecular complexity index is 821. The number of hydrogen-bond acceptors (Lipinski definition) is 5. The van der Waals surface area contributed by atoms with Crippen LogP contribution >= 0.6 is 0 Å². The molecule has 0 fully saturated rings. The van der Waals surface area contributed by atoms with Crippen LogP contribution in [0.25, 0.3) is 0 Å². The molecule has 0 spiro atoms. The van der Waals surface area contributed by atoms with E-state index in [2.05, 4.69) is 20.5 Å². The molecule has 118 valence electrons. The maximum Gasteiger partial charge on any atom is 0.243 e. The second kappa shape index (κ2) is 6.30. The number of nitrogen functional groups attached to an aromatic ring is 1. The summed E-state index contributed by atoms with van der Waals surface area (Å²) in [5.74, 6) is -0.507. The number of nitrogens with one attached hydrogen (secondary N) is 2. The summed E-state index contributed by atoms with van der Waals surface area (Å²) in [7, 11) is 0. The number of ether oxygens (including phenoxy) is 1. The van der Waals surface area contributed by atoms with E-state index in [1.807, 2.05) is 6.07 Å². The molecule has 8 heteroatoms. The van der Waals surface area contributed by atoms with Crippen LogP contribution in [-0.4, -0.2) is 15.2 Å². The van der Waals surface area contributed by atoms with Crippen molar-refractivity contribution in [2.24, 2.45) is 0 Å². The Morgan fingerprint density at radius 3 is 2.70 bits per heavy atom. The first-order valence-corrected chi connectivity index (χ1v) is 6.74. The molecule has 3 rings (SSSR count). The van der Waals surface area contributed by atoms with Crippen LogP contribution in [-0.2, 0) is 6.54 Å². The normalized spacial score (nSPS) is 10.5. The Labute approximate surface area is 130 Å².